The number of unbranched alkanes of at least 4 members (excludes halogenated alkanes) is 1. The number of ether oxygens (including phenoxy) is 1. The number of Topliss-reactive ketones (excluding diaryl/α,β-unsaturated/α-hetero) is 1. The Balaban J connectivity index is 0.000000372. The van der Waals surface area contributed by atoms with Crippen LogP contribution in [0.25, 0.3) is 0 Å². The van der Waals surface area contributed by atoms with Gasteiger partial charge in [-0.2, -0.15) is 0 Å². The van der Waals surface area contributed by atoms with Crippen LogP contribution >= 0.6 is 0 Å². The maximum Gasteiger partial charge on any atom is 0.407 e. The summed E-state index contributed by atoms with van der Waals surface area (Å²) in [6.45, 7) is 9.25. The molecule has 0 aromatic rings. The third-order valence-corrected chi connectivity index (χ3v) is 8.04. The topological polar surface area (TPSA) is 137 Å². The second kappa shape index (κ2) is 18.0. The number of carbonyl (C=O) groups is 3. The summed E-state index contributed by atoms with van der Waals surface area (Å²) in [6, 6.07) is 0.726. The quantitative estimate of drug-likeness (QED) is 0.120. The molecular weight excluding hydrogens is 522 g/mol. The van der Waals surface area contributed by atoms with Crippen molar-refractivity contribution in [1.29, 1.82) is 0 Å². The summed E-state index contributed by atoms with van der Waals surface area (Å²) in [4.78, 5) is 39.3. The molecule has 0 bridgehead atoms. The number of amides is 1. The van der Waals surface area contributed by atoms with E-state index < -0.39 is 18.1 Å². The van der Waals surface area contributed by atoms with Gasteiger partial charge in [-0.25, -0.2) is 9.59 Å². The van der Waals surface area contributed by atoms with Crippen LogP contribution in [0.5, 0.6) is 0 Å². The number of carboxylic acid groups (broad SMARTS) is 1. The number of hydrogen-bond donors (Lipinski definition) is 4. The van der Waals surface area contributed by atoms with Gasteiger partial charge in [0.05, 0.1) is 5.57 Å². The Labute approximate surface area is 246 Å². The van der Waals surface area contributed by atoms with E-state index >= 15 is 0 Å². The zero-order valence-corrected chi connectivity index (χ0v) is 25.5. The minimum atomic E-state index is -1.10. The first kappa shape index (κ1) is 34.5. The zero-order valence-electron chi connectivity index (χ0n) is 25.5. The standard InChI is InChI=1S/C20H30N2O6.C12H23N/c1-5-10-28-19(27)21-9-7-6-8-14(18(25)26)22-13(2)17-15(23)11-20(3,4)12-16(17)24;1-3-7-11(8-4-1)13-12-9-5-2-6-10-12/h5,14,23H,1,6-12H2,2-4H3,(H,21,27)(H,25,26);11-13H,1-10H2. The molecular formula is C32H53N3O6. The number of alkyl carbamates (subject to hydrolysis) is 1. The molecule has 1 amide bonds. The van der Waals surface area contributed by atoms with Gasteiger partial charge in [0, 0.05) is 37.2 Å². The molecule has 9 heteroatoms. The Morgan fingerprint density at radius 1 is 1.05 bits per heavy atom. The molecule has 3 aliphatic rings. The molecule has 0 aliphatic heterocycles. The van der Waals surface area contributed by atoms with Crippen molar-refractivity contribution in [3.8, 4) is 0 Å². The molecule has 2 fully saturated rings. The highest BCUT2D eigenvalue weighted by Gasteiger charge is 2.34. The predicted molar refractivity (Wildman–Crippen MR) is 162 cm³/mol. The number of hydrogen-bond acceptors (Lipinski definition) is 7. The zero-order chi connectivity index (χ0) is 30.3. The van der Waals surface area contributed by atoms with Crippen LogP contribution in [0, 0.1) is 5.41 Å². The number of nitrogens with one attached hydrogen (secondary N) is 2. The lowest BCUT2D eigenvalue weighted by Gasteiger charge is -2.30. The monoisotopic (exact) mass is 575 g/mol. The molecule has 2 saturated carbocycles. The molecule has 0 aromatic heterocycles. The smallest absolute Gasteiger partial charge is 0.407 e. The summed E-state index contributed by atoms with van der Waals surface area (Å²) in [5.41, 5.74) is 0.0606. The molecule has 3 rings (SSSR count). The average Bonchev–Trinajstić information content (AvgIpc) is 2.91. The minimum absolute atomic E-state index is 0.0334. The van der Waals surface area contributed by atoms with Crippen molar-refractivity contribution in [2.75, 3.05) is 13.2 Å². The van der Waals surface area contributed by atoms with Gasteiger partial charge in [0.1, 0.15) is 18.4 Å². The lowest BCUT2D eigenvalue weighted by Crippen LogP contribution is -2.40. The molecule has 41 heavy (non-hydrogen) atoms. The third-order valence-electron chi connectivity index (χ3n) is 8.04. The Hall–Kier alpha value is -2.68. The number of aliphatic hydroxyl groups is 1. The summed E-state index contributed by atoms with van der Waals surface area (Å²) in [5, 5.41) is 26.0. The van der Waals surface area contributed by atoms with Crippen molar-refractivity contribution >= 4 is 23.6 Å². The summed E-state index contributed by atoms with van der Waals surface area (Å²) in [7, 11) is 0. The van der Waals surface area contributed by atoms with Crippen LogP contribution in [0.2, 0.25) is 0 Å². The number of aliphatic carboxylic acids is 1. The van der Waals surface area contributed by atoms with Gasteiger partial charge in [-0.3, -0.25) is 9.79 Å². The molecule has 9 nitrogen and oxygen atoms in total. The number of rotatable bonds is 12. The van der Waals surface area contributed by atoms with E-state index in [2.05, 4.69) is 22.2 Å². The number of aliphatic hydroxyl groups excluding tert-OH is 1. The number of carbonyl (C=O) groups excluding carboxylic acids is 2. The third kappa shape index (κ3) is 13.2. The fourth-order valence-corrected chi connectivity index (χ4v) is 5.95. The van der Waals surface area contributed by atoms with Gasteiger partial charge in [-0.05, 0) is 57.3 Å². The molecule has 0 heterocycles. The lowest BCUT2D eigenvalue weighted by atomic mass is 9.75. The Kier molecular flexibility index (Phi) is 15.1. The highest BCUT2D eigenvalue weighted by Crippen LogP contribution is 2.36. The van der Waals surface area contributed by atoms with E-state index in [9.17, 15) is 24.6 Å². The largest absolute Gasteiger partial charge is 0.511 e. The number of aliphatic imine (C=N–C) groups is 1. The second-order valence-electron chi connectivity index (χ2n) is 12.5. The number of allylic oxidation sites excluding steroid dienone is 2. The lowest BCUT2D eigenvalue weighted by molar-refractivity contribution is -0.138. The van der Waals surface area contributed by atoms with E-state index in [0.29, 0.717) is 25.8 Å². The number of nitrogens with zero attached hydrogens (tertiary/aromatic N) is 1. The Morgan fingerprint density at radius 3 is 2.15 bits per heavy atom. The average molecular weight is 576 g/mol. The summed E-state index contributed by atoms with van der Waals surface area (Å²) in [5.74, 6) is -1.35. The molecule has 0 radical (unpaired) electrons. The van der Waals surface area contributed by atoms with Crippen molar-refractivity contribution < 1.29 is 29.3 Å². The molecule has 4 N–H and O–H groups in total. The van der Waals surface area contributed by atoms with E-state index in [0.717, 1.165) is 12.1 Å². The van der Waals surface area contributed by atoms with Gasteiger partial charge < -0.3 is 25.6 Å². The van der Waals surface area contributed by atoms with E-state index in [4.69, 9.17) is 4.74 Å². The van der Waals surface area contributed by atoms with Gasteiger partial charge in [0.2, 0.25) is 0 Å². The Bertz CT molecular complexity index is 914. The van der Waals surface area contributed by atoms with Gasteiger partial charge in [-0.1, -0.05) is 65.0 Å². The fourth-order valence-electron chi connectivity index (χ4n) is 5.95. The maximum absolute atomic E-state index is 12.3. The van der Waals surface area contributed by atoms with Crippen molar-refractivity contribution in [3.63, 3.8) is 0 Å². The fraction of sp³-hybridized carbons (Fsp3) is 0.750. The maximum atomic E-state index is 12.3. The molecule has 1 unspecified atom stereocenters. The van der Waals surface area contributed by atoms with Crippen LogP contribution in [-0.2, 0) is 14.3 Å². The van der Waals surface area contributed by atoms with E-state index in [1.807, 2.05) is 13.8 Å². The number of carboxylic acids is 1. The predicted octanol–water partition coefficient (Wildman–Crippen LogP) is 6.43. The van der Waals surface area contributed by atoms with Crippen molar-refractivity contribution in [3.05, 3.63) is 24.0 Å². The minimum Gasteiger partial charge on any atom is -0.511 e. The molecule has 1 atom stereocenters. The summed E-state index contributed by atoms with van der Waals surface area (Å²) < 4.78 is 4.77. The first-order chi connectivity index (χ1) is 19.5. The normalized spacial score (nSPS) is 21.0. The van der Waals surface area contributed by atoms with E-state index in [1.165, 1.54) is 70.3 Å². The Morgan fingerprint density at radius 2 is 1.63 bits per heavy atom. The van der Waals surface area contributed by atoms with Gasteiger partial charge in [-0.15, -0.1) is 0 Å². The van der Waals surface area contributed by atoms with Crippen LogP contribution in [0.4, 0.5) is 4.79 Å². The molecule has 232 valence electrons. The summed E-state index contributed by atoms with van der Waals surface area (Å²) >= 11 is 0. The molecule has 0 aromatic carbocycles. The first-order valence-corrected chi connectivity index (χ1v) is 15.5. The van der Waals surface area contributed by atoms with Crippen molar-refractivity contribution in [2.24, 2.45) is 10.4 Å². The second-order valence-corrected chi connectivity index (χ2v) is 12.5. The van der Waals surface area contributed by atoms with Gasteiger partial charge in [0.25, 0.3) is 0 Å². The van der Waals surface area contributed by atoms with Crippen molar-refractivity contribution in [2.45, 2.75) is 135 Å². The molecule has 0 saturated heterocycles. The highest BCUT2D eigenvalue weighted by atomic mass is 16.5. The van der Waals surface area contributed by atoms with Crippen LogP contribution in [0.3, 0.4) is 0 Å². The number of ketones is 1. The van der Waals surface area contributed by atoms with Crippen molar-refractivity contribution in [1.82, 2.24) is 10.6 Å². The molecule has 0 spiro atoms. The van der Waals surface area contributed by atoms with Gasteiger partial charge in [0.15, 0.2) is 5.78 Å². The van der Waals surface area contributed by atoms with E-state index in [-0.39, 0.29) is 47.7 Å². The summed E-state index contributed by atoms with van der Waals surface area (Å²) in [6.07, 6.45) is 17.4. The van der Waals surface area contributed by atoms with E-state index in [1.54, 1.807) is 6.92 Å². The first-order valence-electron chi connectivity index (χ1n) is 15.5. The highest BCUT2D eigenvalue weighted by molar-refractivity contribution is 6.22. The van der Waals surface area contributed by atoms with Gasteiger partial charge >= 0.3 is 12.1 Å². The van der Waals surface area contributed by atoms with Crippen LogP contribution < -0.4 is 10.6 Å². The van der Waals surface area contributed by atoms with Crippen LogP contribution in [0.1, 0.15) is 117 Å². The van der Waals surface area contributed by atoms with Crippen LogP contribution in [0.15, 0.2) is 29.0 Å². The SMILES string of the molecule is C1CCC(NC2CCCCC2)CC1.C=CCOC(=O)NCCCCC(N=C(C)C1=C(O)CC(C)(C)CC1=O)C(=O)O. The van der Waals surface area contributed by atoms with Crippen LogP contribution in [-0.4, -0.2) is 65.0 Å². The molecule has 3 aliphatic carbocycles.